The molecule has 0 spiro atoms. The van der Waals surface area contributed by atoms with Crippen LogP contribution in [0.3, 0.4) is 0 Å². The van der Waals surface area contributed by atoms with Crippen LogP contribution in [0.5, 0.6) is 0 Å². The first-order chi connectivity index (χ1) is 7.68. The van der Waals surface area contributed by atoms with E-state index in [9.17, 15) is 4.79 Å². The Morgan fingerprint density at radius 2 is 2.19 bits per heavy atom. The van der Waals surface area contributed by atoms with Crippen LogP contribution in [0.4, 0.5) is 0 Å². The van der Waals surface area contributed by atoms with Gasteiger partial charge in [-0.05, 0) is 28.1 Å². The van der Waals surface area contributed by atoms with Gasteiger partial charge in [-0.25, -0.2) is 0 Å². The Morgan fingerprint density at radius 3 is 2.94 bits per heavy atom. The summed E-state index contributed by atoms with van der Waals surface area (Å²) in [4.78, 5) is 12.0. The number of rotatable bonds is 4. The molecule has 0 unspecified atom stereocenters. The summed E-state index contributed by atoms with van der Waals surface area (Å²) in [6.45, 7) is 4.23. The Labute approximate surface area is 104 Å². The highest BCUT2D eigenvalue weighted by atomic mass is 32.2. The van der Waals surface area contributed by atoms with Crippen LogP contribution in [0, 0.1) is 0 Å². The fourth-order valence-electron chi connectivity index (χ4n) is 1.53. The third kappa shape index (κ3) is 2.47. The predicted octanol–water partition coefficient (Wildman–Crippen LogP) is 4.23. The molecule has 84 valence electrons. The summed E-state index contributed by atoms with van der Waals surface area (Å²) in [5.41, 5.74) is 0.876. The second kappa shape index (κ2) is 5.02. The Morgan fingerprint density at radius 1 is 1.38 bits per heavy atom. The first-order valence-corrected chi connectivity index (χ1v) is 7.22. The number of hydrogen-bond donors (Lipinski definition) is 0. The summed E-state index contributed by atoms with van der Waals surface area (Å²) in [6.07, 6.45) is 0. The van der Waals surface area contributed by atoms with Gasteiger partial charge < -0.3 is 0 Å². The van der Waals surface area contributed by atoms with Gasteiger partial charge >= 0.3 is 0 Å². The molecular weight excluding hydrogens is 236 g/mol. The van der Waals surface area contributed by atoms with Crippen LogP contribution in [-0.2, 0) is 0 Å². The minimum atomic E-state index is 0.242. The molecule has 0 amide bonds. The van der Waals surface area contributed by atoms with Crippen molar-refractivity contribution in [3.63, 3.8) is 0 Å². The molecule has 0 aliphatic heterocycles. The average Bonchev–Trinajstić information content (AvgIpc) is 2.73. The van der Waals surface area contributed by atoms with E-state index in [1.165, 1.54) is 5.39 Å². The quantitative estimate of drug-likeness (QED) is 0.755. The zero-order valence-electron chi connectivity index (χ0n) is 9.40. The molecule has 3 heteroatoms. The van der Waals surface area contributed by atoms with Gasteiger partial charge in [-0.15, -0.1) is 11.3 Å². The normalized spacial score (nSPS) is 11.2. The standard InChI is InChI=1S/C13H14OS2/c1-9(2)16-8-12(14)11-5-3-4-10-6-7-15-13(10)11/h3-7,9H,8H2,1-2H3. The van der Waals surface area contributed by atoms with Gasteiger partial charge in [0.15, 0.2) is 5.78 Å². The molecule has 0 saturated heterocycles. The number of thioether (sulfide) groups is 1. The second-order valence-electron chi connectivity index (χ2n) is 3.93. The van der Waals surface area contributed by atoms with E-state index in [1.807, 2.05) is 17.5 Å². The highest BCUT2D eigenvalue weighted by Gasteiger charge is 2.11. The molecule has 0 saturated carbocycles. The number of fused-ring (bicyclic) bond motifs is 1. The molecule has 16 heavy (non-hydrogen) atoms. The predicted molar refractivity (Wildman–Crippen MR) is 73.7 cm³/mol. The molecule has 2 rings (SSSR count). The van der Waals surface area contributed by atoms with Gasteiger partial charge in [0.1, 0.15) is 0 Å². The van der Waals surface area contributed by atoms with Gasteiger partial charge in [0, 0.05) is 10.3 Å². The lowest BCUT2D eigenvalue weighted by atomic mass is 10.1. The van der Waals surface area contributed by atoms with E-state index in [2.05, 4.69) is 26.0 Å². The van der Waals surface area contributed by atoms with E-state index < -0.39 is 0 Å². The van der Waals surface area contributed by atoms with Crippen molar-refractivity contribution in [1.82, 2.24) is 0 Å². The molecule has 1 aromatic heterocycles. The van der Waals surface area contributed by atoms with Crippen molar-refractivity contribution in [3.05, 3.63) is 35.2 Å². The maximum atomic E-state index is 12.0. The van der Waals surface area contributed by atoms with Crippen LogP contribution in [0.25, 0.3) is 10.1 Å². The van der Waals surface area contributed by atoms with Gasteiger partial charge in [0.05, 0.1) is 5.75 Å². The van der Waals surface area contributed by atoms with Crippen LogP contribution in [0.15, 0.2) is 29.6 Å². The fourth-order valence-corrected chi connectivity index (χ4v) is 3.10. The molecule has 1 aromatic carbocycles. The molecule has 0 radical (unpaired) electrons. The van der Waals surface area contributed by atoms with E-state index in [4.69, 9.17) is 0 Å². The van der Waals surface area contributed by atoms with E-state index >= 15 is 0 Å². The molecule has 0 aliphatic carbocycles. The van der Waals surface area contributed by atoms with Crippen molar-refractivity contribution in [2.75, 3.05) is 5.75 Å². The highest BCUT2D eigenvalue weighted by Crippen LogP contribution is 2.26. The van der Waals surface area contributed by atoms with Crippen molar-refractivity contribution in [2.45, 2.75) is 19.1 Å². The zero-order chi connectivity index (χ0) is 11.5. The molecule has 1 nitrogen and oxygen atoms in total. The molecule has 0 atom stereocenters. The Balaban J connectivity index is 2.25. The first-order valence-electron chi connectivity index (χ1n) is 5.29. The van der Waals surface area contributed by atoms with Crippen LogP contribution in [0.1, 0.15) is 24.2 Å². The SMILES string of the molecule is CC(C)SCC(=O)c1cccc2ccsc12. The number of carbonyl (C=O) groups excluding carboxylic acids is 1. The number of Topliss-reactive ketones (excluding diaryl/α,β-unsaturated/α-hetero) is 1. The van der Waals surface area contributed by atoms with Crippen molar-refractivity contribution in [2.24, 2.45) is 0 Å². The number of ketones is 1. The molecule has 2 aromatic rings. The number of thiophene rings is 1. The smallest absolute Gasteiger partial charge is 0.174 e. The van der Waals surface area contributed by atoms with E-state index in [0.29, 0.717) is 11.0 Å². The summed E-state index contributed by atoms with van der Waals surface area (Å²) >= 11 is 3.35. The van der Waals surface area contributed by atoms with Crippen LogP contribution in [0.2, 0.25) is 0 Å². The topological polar surface area (TPSA) is 17.1 Å². The fraction of sp³-hybridized carbons (Fsp3) is 0.308. The highest BCUT2D eigenvalue weighted by molar-refractivity contribution is 8.00. The minimum absolute atomic E-state index is 0.242. The maximum absolute atomic E-state index is 12.0. The van der Waals surface area contributed by atoms with Crippen LogP contribution >= 0.6 is 23.1 Å². The van der Waals surface area contributed by atoms with Gasteiger partial charge in [-0.3, -0.25) is 4.79 Å². The monoisotopic (exact) mass is 250 g/mol. The number of hydrogen-bond acceptors (Lipinski definition) is 3. The molecule has 0 fully saturated rings. The third-order valence-corrected chi connectivity index (χ3v) is 4.39. The summed E-state index contributed by atoms with van der Waals surface area (Å²) in [6, 6.07) is 8.01. The van der Waals surface area contributed by atoms with Crippen LogP contribution in [-0.4, -0.2) is 16.8 Å². The van der Waals surface area contributed by atoms with E-state index in [0.717, 1.165) is 10.3 Å². The maximum Gasteiger partial charge on any atom is 0.174 e. The van der Waals surface area contributed by atoms with Gasteiger partial charge in [0.25, 0.3) is 0 Å². The molecule has 1 heterocycles. The van der Waals surface area contributed by atoms with Gasteiger partial charge in [-0.1, -0.05) is 26.0 Å². The average molecular weight is 250 g/mol. The molecule has 0 bridgehead atoms. The zero-order valence-corrected chi connectivity index (χ0v) is 11.0. The summed E-state index contributed by atoms with van der Waals surface area (Å²) in [5.74, 6) is 0.820. The lowest BCUT2D eigenvalue weighted by Gasteiger charge is -2.04. The minimum Gasteiger partial charge on any atom is -0.293 e. The molecular formula is C13H14OS2. The lowest BCUT2D eigenvalue weighted by Crippen LogP contribution is -2.04. The van der Waals surface area contributed by atoms with Crippen LogP contribution < -0.4 is 0 Å². The third-order valence-electron chi connectivity index (χ3n) is 2.33. The summed E-state index contributed by atoms with van der Waals surface area (Å²) in [5, 5.41) is 3.72. The van der Waals surface area contributed by atoms with E-state index in [-0.39, 0.29) is 5.78 Å². The van der Waals surface area contributed by atoms with Crippen molar-refractivity contribution >= 4 is 39.0 Å². The van der Waals surface area contributed by atoms with Crippen molar-refractivity contribution in [1.29, 1.82) is 0 Å². The van der Waals surface area contributed by atoms with Crippen molar-refractivity contribution in [3.8, 4) is 0 Å². The molecule has 0 N–H and O–H groups in total. The number of carbonyl (C=O) groups is 1. The Bertz CT molecular complexity index is 499. The van der Waals surface area contributed by atoms with Gasteiger partial charge in [0.2, 0.25) is 0 Å². The second-order valence-corrected chi connectivity index (χ2v) is 6.41. The Hall–Kier alpha value is -0.800. The number of benzene rings is 1. The molecule has 0 aliphatic rings. The first kappa shape index (κ1) is 11.7. The largest absolute Gasteiger partial charge is 0.293 e. The summed E-state index contributed by atoms with van der Waals surface area (Å²) < 4.78 is 1.12. The van der Waals surface area contributed by atoms with E-state index in [1.54, 1.807) is 23.1 Å². The Kier molecular flexibility index (Phi) is 3.66. The summed E-state index contributed by atoms with van der Waals surface area (Å²) in [7, 11) is 0. The van der Waals surface area contributed by atoms with Gasteiger partial charge in [-0.2, -0.15) is 11.8 Å². The van der Waals surface area contributed by atoms with Crippen molar-refractivity contribution < 1.29 is 4.79 Å². The lowest BCUT2D eigenvalue weighted by molar-refractivity contribution is 0.102.